The van der Waals surface area contributed by atoms with Gasteiger partial charge in [0.05, 0.1) is 10.9 Å². The van der Waals surface area contributed by atoms with E-state index >= 15 is 0 Å². The molecule has 3 aromatic rings. The number of nitrogens with one attached hydrogen (secondary N) is 1. The van der Waals surface area contributed by atoms with E-state index in [1.165, 1.54) is 31.4 Å². The molecule has 1 heterocycles. The van der Waals surface area contributed by atoms with Crippen molar-refractivity contribution in [2.24, 2.45) is 0 Å². The van der Waals surface area contributed by atoms with Crippen LogP contribution in [0.15, 0.2) is 57.9 Å². The van der Waals surface area contributed by atoms with Crippen molar-refractivity contribution in [2.75, 3.05) is 5.32 Å². The summed E-state index contributed by atoms with van der Waals surface area (Å²) in [7, 11) is 0. The van der Waals surface area contributed by atoms with Crippen molar-refractivity contribution in [3.05, 3.63) is 59.0 Å². The Morgan fingerprint density at radius 2 is 1.86 bits per heavy atom. The smallest absolute Gasteiger partial charge is 0.221 e. The highest BCUT2D eigenvalue weighted by molar-refractivity contribution is 5.89. The number of fused-ring (bicyclic) bond motifs is 1. The van der Waals surface area contributed by atoms with Gasteiger partial charge in [-0.1, -0.05) is 12.1 Å². The largest absolute Gasteiger partial charge is 0.508 e. The van der Waals surface area contributed by atoms with E-state index < -0.39 is 0 Å². The van der Waals surface area contributed by atoms with Crippen LogP contribution in [-0.2, 0) is 4.79 Å². The Kier molecular flexibility index (Phi) is 3.39. The van der Waals surface area contributed by atoms with Crippen molar-refractivity contribution in [1.29, 1.82) is 0 Å². The van der Waals surface area contributed by atoms with E-state index in [-0.39, 0.29) is 17.1 Å². The molecule has 0 saturated heterocycles. The van der Waals surface area contributed by atoms with Crippen molar-refractivity contribution in [3.63, 3.8) is 0 Å². The quantitative estimate of drug-likeness (QED) is 0.761. The van der Waals surface area contributed by atoms with Gasteiger partial charge < -0.3 is 14.8 Å². The maximum Gasteiger partial charge on any atom is 0.221 e. The van der Waals surface area contributed by atoms with Crippen LogP contribution in [0.3, 0.4) is 0 Å². The van der Waals surface area contributed by atoms with Gasteiger partial charge in [0.2, 0.25) is 5.91 Å². The fraction of sp³-hybridized carbons (Fsp3) is 0.0588. The van der Waals surface area contributed by atoms with E-state index in [1.54, 1.807) is 24.3 Å². The minimum absolute atomic E-state index is 0.0445. The Morgan fingerprint density at radius 3 is 2.55 bits per heavy atom. The number of carbonyl (C=O) groups is 1. The predicted octanol–water partition coefficient (Wildman–Crippen LogP) is 3.12. The summed E-state index contributed by atoms with van der Waals surface area (Å²) in [4.78, 5) is 23.5. The van der Waals surface area contributed by atoms with Crippen molar-refractivity contribution >= 4 is 22.6 Å². The van der Waals surface area contributed by atoms with E-state index in [9.17, 15) is 14.7 Å². The van der Waals surface area contributed by atoms with E-state index in [2.05, 4.69) is 5.32 Å². The number of anilines is 1. The van der Waals surface area contributed by atoms with Gasteiger partial charge >= 0.3 is 0 Å². The van der Waals surface area contributed by atoms with Crippen LogP contribution in [0.5, 0.6) is 5.75 Å². The van der Waals surface area contributed by atoms with Crippen molar-refractivity contribution < 1.29 is 14.3 Å². The standard InChI is InChI=1S/C17H13NO4/c1-10(19)18-12-4-2-11(3-5-12)15-9-22-16-8-13(20)6-7-14(16)17(15)21/h2-9,20H,1H3,(H,18,19). The number of carbonyl (C=O) groups excluding carboxylic acids is 1. The van der Waals surface area contributed by atoms with E-state index in [0.29, 0.717) is 27.8 Å². The third-order valence-corrected chi connectivity index (χ3v) is 3.27. The van der Waals surface area contributed by atoms with Crippen molar-refractivity contribution in [3.8, 4) is 16.9 Å². The lowest BCUT2D eigenvalue weighted by molar-refractivity contribution is -0.114. The molecule has 0 aliphatic heterocycles. The highest BCUT2D eigenvalue weighted by Gasteiger charge is 2.09. The lowest BCUT2D eigenvalue weighted by Gasteiger charge is -2.05. The molecule has 110 valence electrons. The fourth-order valence-electron chi connectivity index (χ4n) is 2.25. The summed E-state index contributed by atoms with van der Waals surface area (Å²) in [6.45, 7) is 1.43. The first-order chi connectivity index (χ1) is 10.5. The number of hydrogen-bond donors (Lipinski definition) is 2. The topological polar surface area (TPSA) is 79.5 Å². The molecule has 0 atom stereocenters. The van der Waals surface area contributed by atoms with E-state index in [4.69, 9.17) is 4.42 Å². The summed E-state index contributed by atoms with van der Waals surface area (Å²) in [5, 5.41) is 12.5. The second-order valence-electron chi connectivity index (χ2n) is 4.92. The van der Waals surface area contributed by atoms with Crippen molar-refractivity contribution in [2.45, 2.75) is 6.92 Å². The SMILES string of the molecule is CC(=O)Nc1ccc(-c2coc3cc(O)ccc3c2=O)cc1. The molecule has 0 aliphatic carbocycles. The van der Waals surface area contributed by atoms with Gasteiger partial charge in [-0.05, 0) is 29.8 Å². The van der Waals surface area contributed by atoms with E-state index in [0.717, 1.165) is 0 Å². The second-order valence-corrected chi connectivity index (χ2v) is 4.92. The third kappa shape index (κ3) is 2.56. The Bertz CT molecular complexity index is 910. The second kappa shape index (κ2) is 5.37. The Morgan fingerprint density at radius 1 is 1.14 bits per heavy atom. The molecular formula is C17H13NO4. The number of phenolic OH excluding ortho intramolecular Hbond substituents is 1. The summed E-state index contributed by atoms with van der Waals surface area (Å²) in [6, 6.07) is 11.3. The summed E-state index contributed by atoms with van der Waals surface area (Å²) in [5.41, 5.74) is 1.94. The molecule has 5 nitrogen and oxygen atoms in total. The van der Waals surface area contributed by atoms with E-state index in [1.807, 2.05) is 0 Å². The summed E-state index contributed by atoms with van der Waals surface area (Å²) in [6.07, 6.45) is 1.37. The summed E-state index contributed by atoms with van der Waals surface area (Å²) >= 11 is 0. The molecule has 2 aromatic carbocycles. The lowest BCUT2D eigenvalue weighted by atomic mass is 10.1. The number of hydrogen-bond acceptors (Lipinski definition) is 4. The molecular weight excluding hydrogens is 282 g/mol. The molecule has 3 rings (SSSR count). The maximum absolute atomic E-state index is 12.5. The Balaban J connectivity index is 2.06. The van der Waals surface area contributed by atoms with Crippen LogP contribution in [0.25, 0.3) is 22.1 Å². The molecule has 1 amide bonds. The van der Waals surface area contributed by atoms with Crippen LogP contribution in [0.1, 0.15) is 6.92 Å². The monoisotopic (exact) mass is 295 g/mol. The average molecular weight is 295 g/mol. The number of phenols is 1. The maximum atomic E-state index is 12.5. The average Bonchev–Trinajstić information content (AvgIpc) is 2.48. The molecule has 2 N–H and O–H groups in total. The van der Waals surface area contributed by atoms with Crippen LogP contribution in [0.4, 0.5) is 5.69 Å². The van der Waals surface area contributed by atoms with Gasteiger partial charge in [-0.25, -0.2) is 0 Å². The fourth-order valence-corrected chi connectivity index (χ4v) is 2.25. The molecule has 0 saturated carbocycles. The summed E-state index contributed by atoms with van der Waals surface area (Å²) in [5.74, 6) is -0.110. The highest BCUT2D eigenvalue weighted by Crippen LogP contribution is 2.23. The van der Waals surface area contributed by atoms with Crippen LogP contribution in [-0.4, -0.2) is 11.0 Å². The normalized spacial score (nSPS) is 10.6. The molecule has 0 unspecified atom stereocenters. The van der Waals surface area contributed by atoms with Gasteiger partial charge in [0.25, 0.3) is 0 Å². The highest BCUT2D eigenvalue weighted by atomic mass is 16.3. The zero-order valence-corrected chi connectivity index (χ0v) is 11.8. The lowest BCUT2D eigenvalue weighted by Crippen LogP contribution is -2.06. The molecule has 0 bridgehead atoms. The molecule has 5 heteroatoms. The molecule has 1 aromatic heterocycles. The van der Waals surface area contributed by atoms with Crippen molar-refractivity contribution in [1.82, 2.24) is 0 Å². The van der Waals surface area contributed by atoms with Crippen LogP contribution < -0.4 is 10.7 Å². The van der Waals surface area contributed by atoms with Crippen LogP contribution in [0.2, 0.25) is 0 Å². The minimum atomic E-state index is -0.173. The van der Waals surface area contributed by atoms with Crippen LogP contribution >= 0.6 is 0 Å². The predicted molar refractivity (Wildman–Crippen MR) is 83.9 cm³/mol. The summed E-state index contributed by atoms with van der Waals surface area (Å²) < 4.78 is 5.42. The minimum Gasteiger partial charge on any atom is -0.508 e. The molecule has 0 radical (unpaired) electrons. The molecule has 0 spiro atoms. The molecule has 22 heavy (non-hydrogen) atoms. The number of amides is 1. The Hall–Kier alpha value is -3.08. The van der Waals surface area contributed by atoms with Gasteiger partial charge in [0.15, 0.2) is 5.43 Å². The zero-order chi connectivity index (χ0) is 15.7. The first kappa shape index (κ1) is 13.9. The number of benzene rings is 2. The first-order valence-corrected chi connectivity index (χ1v) is 6.67. The molecule has 0 aliphatic rings. The first-order valence-electron chi connectivity index (χ1n) is 6.67. The number of aromatic hydroxyl groups is 1. The Labute approximate surface area is 125 Å². The third-order valence-electron chi connectivity index (χ3n) is 3.27. The van der Waals surface area contributed by atoms with Gasteiger partial charge in [-0.3, -0.25) is 9.59 Å². The van der Waals surface area contributed by atoms with Gasteiger partial charge in [-0.15, -0.1) is 0 Å². The van der Waals surface area contributed by atoms with Gasteiger partial charge in [0, 0.05) is 18.7 Å². The molecule has 0 fully saturated rings. The van der Waals surface area contributed by atoms with Gasteiger partial charge in [0.1, 0.15) is 17.6 Å². The van der Waals surface area contributed by atoms with Crippen LogP contribution in [0, 0.1) is 0 Å². The number of rotatable bonds is 2. The van der Waals surface area contributed by atoms with Gasteiger partial charge in [-0.2, -0.15) is 0 Å². The zero-order valence-electron chi connectivity index (χ0n) is 11.8.